The minimum absolute atomic E-state index is 0.113. The minimum atomic E-state index is 0.113. The molecule has 1 heterocycles. The van der Waals surface area contributed by atoms with Crippen LogP contribution in [0.2, 0.25) is 0 Å². The summed E-state index contributed by atoms with van der Waals surface area (Å²) in [6.07, 6.45) is 5.05. The molecule has 0 radical (unpaired) electrons. The Morgan fingerprint density at radius 2 is 1.72 bits per heavy atom. The van der Waals surface area contributed by atoms with Crippen molar-refractivity contribution in [2.75, 3.05) is 19.8 Å². The van der Waals surface area contributed by atoms with Crippen molar-refractivity contribution in [2.45, 2.75) is 64.5 Å². The first-order chi connectivity index (χ1) is 8.65. The van der Waals surface area contributed by atoms with E-state index in [2.05, 4.69) is 31.4 Å². The minimum Gasteiger partial charge on any atom is -0.381 e. The first-order valence-electron chi connectivity index (χ1n) is 7.28. The van der Waals surface area contributed by atoms with E-state index in [-0.39, 0.29) is 11.4 Å². The number of amides is 1. The van der Waals surface area contributed by atoms with E-state index in [4.69, 9.17) is 4.74 Å². The molecule has 0 unspecified atom stereocenters. The van der Waals surface area contributed by atoms with Crippen molar-refractivity contribution >= 4 is 5.91 Å². The number of nitrogens with one attached hydrogen (secondary N) is 2. The smallest absolute Gasteiger partial charge is 0.234 e. The summed E-state index contributed by atoms with van der Waals surface area (Å²) in [4.78, 5) is 11.9. The summed E-state index contributed by atoms with van der Waals surface area (Å²) in [5, 5.41) is 6.51. The molecule has 1 fully saturated rings. The van der Waals surface area contributed by atoms with Crippen LogP contribution in [0.4, 0.5) is 0 Å². The molecule has 0 bridgehead atoms. The molecule has 4 nitrogen and oxygen atoms in total. The predicted octanol–water partition coefficient (Wildman–Crippen LogP) is 1.84. The quantitative estimate of drug-likeness (QED) is 0.731. The molecule has 18 heavy (non-hydrogen) atoms. The molecule has 1 aliphatic heterocycles. The summed E-state index contributed by atoms with van der Waals surface area (Å²) in [5.41, 5.74) is 0.118. The molecule has 0 aromatic heterocycles. The molecule has 0 aromatic rings. The summed E-state index contributed by atoms with van der Waals surface area (Å²) in [6, 6.07) is 0.298. The molecule has 0 atom stereocenters. The van der Waals surface area contributed by atoms with Gasteiger partial charge in [-0.15, -0.1) is 0 Å². The highest BCUT2D eigenvalue weighted by Gasteiger charge is 2.24. The van der Waals surface area contributed by atoms with Crippen LogP contribution in [0.25, 0.3) is 0 Å². The lowest BCUT2D eigenvalue weighted by atomic mass is 9.90. The molecule has 106 valence electrons. The van der Waals surface area contributed by atoms with Crippen molar-refractivity contribution in [3.63, 3.8) is 0 Å². The third-order valence-electron chi connectivity index (χ3n) is 4.24. The van der Waals surface area contributed by atoms with Crippen LogP contribution in [0.3, 0.4) is 0 Å². The Balaban J connectivity index is 2.30. The van der Waals surface area contributed by atoms with Crippen molar-refractivity contribution in [2.24, 2.45) is 0 Å². The first-order valence-corrected chi connectivity index (χ1v) is 7.28. The fraction of sp³-hybridized carbons (Fsp3) is 0.929. The van der Waals surface area contributed by atoms with Gasteiger partial charge in [0.25, 0.3) is 0 Å². The number of hydrogen-bond donors (Lipinski definition) is 2. The lowest BCUT2D eigenvalue weighted by Crippen LogP contribution is -2.50. The van der Waals surface area contributed by atoms with Crippen LogP contribution in [0.1, 0.15) is 52.9 Å². The fourth-order valence-electron chi connectivity index (χ4n) is 2.51. The molecule has 0 aromatic carbocycles. The van der Waals surface area contributed by atoms with E-state index in [9.17, 15) is 4.79 Å². The predicted molar refractivity (Wildman–Crippen MR) is 73.6 cm³/mol. The van der Waals surface area contributed by atoms with Gasteiger partial charge in [0.2, 0.25) is 5.91 Å². The van der Waals surface area contributed by atoms with Gasteiger partial charge in [0, 0.05) is 24.8 Å². The molecular weight excluding hydrogens is 228 g/mol. The maximum absolute atomic E-state index is 11.9. The summed E-state index contributed by atoms with van der Waals surface area (Å²) >= 11 is 0. The number of carbonyl (C=O) groups excluding carboxylic acids is 1. The molecule has 1 rings (SSSR count). The molecule has 2 N–H and O–H groups in total. The average molecular weight is 256 g/mol. The molecular formula is C14H28N2O2. The maximum atomic E-state index is 11.9. The normalized spacial score (nSPS) is 17.7. The fourth-order valence-corrected chi connectivity index (χ4v) is 2.51. The van der Waals surface area contributed by atoms with Crippen LogP contribution in [0, 0.1) is 0 Å². The molecule has 4 heteroatoms. The van der Waals surface area contributed by atoms with Crippen molar-refractivity contribution in [1.82, 2.24) is 10.6 Å². The third kappa shape index (κ3) is 4.58. The summed E-state index contributed by atoms with van der Waals surface area (Å²) in [7, 11) is 0. The molecule has 0 aliphatic carbocycles. The average Bonchev–Trinajstić information content (AvgIpc) is 2.42. The van der Waals surface area contributed by atoms with Crippen LogP contribution in [0.15, 0.2) is 0 Å². The van der Waals surface area contributed by atoms with Crippen LogP contribution < -0.4 is 10.6 Å². The van der Waals surface area contributed by atoms with Gasteiger partial charge in [-0.3, -0.25) is 4.79 Å². The van der Waals surface area contributed by atoms with Crippen molar-refractivity contribution in [3.05, 3.63) is 0 Å². The van der Waals surface area contributed by atoms with E-state index in [1.54, 1.807) is 0 Å². The Bertz CT molecular complexity index is 238. The Labute approximate surface area is 111 Å². The molecule has 1 aliphatic rings. The topological polar surface area (TPSA) is 50.4 Å². The van der Waals surface area contributed by atoms with Gasteiger partial charge in [-0.1, -0.05) is 20.8 Å². The van der Waals surface area contributed by atoms with E-state index < -0.39 is 0 Å². The molecule has 0 saturated carbocycles. The second kappa shape index (κ2) is 7.74. The number of ether oxygens (including phenoxy) is 1. The Kier molecular flexibility index (Phi) is 6.65. The van der Waals surface area contributed by atoms with Gasteiger partial charge in [0.05, 0.1) is 6.54 Å². The molecule has 1 amide bonds. The second-order valence-corrected chi connectivity index (χ2v) is 5.15. The highest BCUT2D eigenvalue weighted by Crippen LogP contribution is 2.18. The van der Waals surface area contributed by atoms with Crippen molar-refractivity contribution < 1.29 is 9.53 Å². The number of rotatable bonds is 7. The van der Waals surface area contributed by atoms with E-state index in [0.29, 0.717) is 12.6 Å². The van der Waals surface area contributed by atoms with Gasteiger partial charge >= 0.3 is 0 Å². The zero-order valence-electron chi connectivity index (χ0n) is 12.1. The largest absolute Gasteiger partial charge is 0.381 e. The Hall–Kier alpha value is -0.610. The van der Waals surface area contributed by atoms with Gasteiger partial charge in [-0.05, 0) is 32.1 Å². The van der Waals surface area contributed by atoms with Crippen LogP contribution in [-0.2, 0) is 9.53 Å². The first kappa shape index (κ1) is 15.4. The van der Waals surface area contributed by atoms with Crippen molar-refractivity contribution in [3.8, 4) is 0 Å². The standard InChI is InChI=1S/C14H28N2O2/c1-4-14(5-2,6-3)15-11-13(17)16-12-7-9-18-10-8-12/h12,15H,4-11H2,1-3H3,(H,16,17). The number of carbonyl (C=O) groups is 1. The summed E-state index contributed by atoms with van der Waals surface area (Å²) in [5.74, 6) is 0.113. The highest BCUT2D eigenvalue weighted by molar-refractivity contribution is 5.78. The highest BCUT2D eigenvalue weighted by atomic mass is 16.5. The monoisotopic (exact) mass is 256 g/mol. The van der Waals surface area contributed by atoms with E-state index >= 15 is 0 Å². The van der Waals surface area contributed by atoms with Crippen molar-refractivity contribution in [1.29, 1.82) is 0 Å². The lowest BCUT2D eigenvalue weighted by molar-refractivity contribution is -0.121. The van der Waals surface area contributed by atoms with Crippen LogP contribution >= 0.6 is 0 Å². The third-order valence-corrected chi connectivity index (χ3v) is 4.24. The van der Waals surface area contributed by atoms with Gasteiger partial charge in [-0.2, -0.15) is 0 Å². The summed E-state index contributed by atoms with van der Waals surface area (Å²) < 4.78 is 5.28. The van der Waals surface area contributed by atoms with Gasteiger partial charge in [0.1, 0.15) is 0 Å². The van der Waals surface area contributed by atoms with E-state index in [1.807, 2.05) is 0 Å². The van der Waals surface area contributed by atoms with Crippen LogP contribution in [-0.4, -0.2) is 37.2 Å². The van der Waals surface area contributed by atoms with Gasteiger partial charge < -0.3 is 15.4 Å². The second-order valence-electron chi connectivity index (χ2n) is 5.15. The molecule has 1 saturated heterocycles. The van der Waals surface area contributed by atoms with Gasteiger partial charge in [0.15, 0.2) is 0 Å². The Morgan fingerprint density at radius 1 is 1.17 bits per heavy atom. The van der Waals surface area contributed by atoms with Gasteiger partial charge in [-0.25, -0.2) is 0 Å². The summed E-state index contributed by atoms with van der Waals surface area (Å²) in [6.45, 7) is 8.48. The zero-order valence-corrected chi connectivity index (χ0v) is 12.1. The number of hydrogen-bond acceptors (Lipinski definition) is 3. The van der Waals surface area contributed by atoms with E-state index in [0.717, 1.165) is 45.3 Å². The van der Waals surface area contributed by atoms with E-state index in [1.165, 1.54) is 0 Å². The zero-order chi connectivity index (χ0) is 13.4. The lowest BCUT2D eigenvalue weighted by Gasteiger charge is -2.32. The van der Waals surface area contributed by atoms with Crippen LogP contribution in [0.5, 0.6) is 0 Å². The Morgan fingerprint density at radius 3 is 2.22 bits per heavy atom. The SMILES string of the molecule is CCC(CC)(CC)NCC(=O)NC1CCOCC1. The maximum Gasteiger partial charge on any atom is 0.234 e. The molecule has 0 spiro atoms.